The molecule has 6 nitrogen and oxygen atoms in total. The Hall–Kier alpha value is -3.41. The molecule has 146 valence electrons. The molecule has 1 aliphatic rings. The summed E-state index contributed by atoms with van der Waals surface area (Å²) < 4.78 is 6.08. The number of fused-ring (bicyclic) bond motifs is 3. The first-order chi connectivity index (χ1) is 14.2. The van der Waals surface area contributed by atoms with Gasteiger partial charge >= 0.3 is 0 Å². The van der Waals surface area contributed by atoms with Crippen LogP contribution in [0, 0.1) is 0 Å². The summed E-state index contributed by atoms with van der Waals surface area (Å²) in [6, 6.07) is 15.6. The first kappa shape index (κ1) is 17.7. The number of carbonyl (C=O) groups excluding carboxylic acids is 1. The molecule has 5 rings (SSSR count). The molecule has 1 fully saturated rings. The number of anilines is 2. The van der Waals surface area contributed by atoms with Crippen LogP contribution in [0.5, 0.6) is 0 Å². The molecule has 0 unspecified atom stereocenters. The van der Waals surface area contributed by atoms with Crippen molar-refractivity contribution < 1.29 is 9.21 Å². The minimum absolute atomic E-state index is 0.160. The predicted octanol–water partition coefficient (Wildman–Crippen LogP) is 4.79. The number of benzene rings is 2. The fourth-order valence-corrected chi connectivity index (χ4v) is 3.88. The Labute approximate surface area is 168 Å². The van der Waals surface area contributed by atoms with E-state index in [1.165, 1.54) is 0 Å². The molecule has 0 saturated carbocycles. The van der Waals surface area contributed by atoms with Gasteiger partial charge in [0.05, 0.1) is 0 Å². The smallest absolute Gasteiger partial charge is 0.293 e. The summed E-state index contributed by atoms with van der Waals surface area (Å²) in [6.07, 6.45) is 3.13. The van der Waals surface area contributed by atoms with E-state index < -0.39 is 0 Å². The second kappa shape index (κ2) is 7.20. The number of aryl methyl sites for hydroxylation is 1. The molecule has 29 heavy (non-hydrogen) atoms. The predicted molar refractivity (Wildman–Crippen MR) is 115 cm³/mol. The van der Waals surface area contributed by atoms with Crippen LogP contribution in [0.3, 0.4) is 0 Å². The van der Waals surface area contributed by atoms with Gasteiger partial charge in [-0.05, 0) is 49.1 Å². The Morgan fingerprint density at radius 3 is 2.76 bits per heavy atom. The topological polar surface area (TPSA) is 71.3 Å². The minimum atomic E-state index is -0.314. The Morgan fingerprint density at radius 2 is 1.93 bits per heavy atom. The molecule has 0 spiro atoms. The molecule has 1 saturated heterocycles. The van der Waals surface area contributed by atoms with Crippen LogP contribution in [0.25, 0.3) is 22.1 Å². The maximum Gasteiger partial charge on any atom is 0.293 e. The number of hydrogen-bond donors (Lipinski definition) is 1. The number of carbonyl (C=O) groups is 1. The third kappa shape index (κ3) is 3.20. The third-order valence-corrected chi connectivity index (χ3v) is 5.40. The maximum atomic E-state index is 13.0. The van der Waals surface area contributed by atoms with Gasteiger partial charge in [-0.2, -0.15) is 0 Å². The molecule has 6 heteroatoms. The molecule has 0 atom stereocenters. The Bertz CT molecular complexity index is 1210. The van der Waals surface area contributed by atoms with Gasteiger partial charge in [0.25, 0.3) is 5.91 Å². The van der Waals surface area contributed by atoms with Crippen LogP contribution in [-0.2, 0) is 6.42 Å². The first-order valence-electron chi connectivity index (χ1n) is 10.1. The zero-order valence-corrected chi connectivity index (χ0v) is 16.3. The van der Waals surface area contributed by atoms with E-state index in [0.717, 1.165) is 54.6 Å². The van der Waals surface area contributed by atoms with Crippen molar-refractivity contribution in [3.05, 3.63) is 59.9 Å². The van der Waals surface area contributed by atoms with E-state index in [4.69, 9.17) is 4.42 Å². The molecule has 0 aliphatic carbocycles. The second-order valence-electron chi connectivity index (χ2n) is 7.35. The van der Waals surface area contributed by atoms with Gasteiger partial charge in [0.1, 0.15) is 11.1 Å². The van der Waals surface area contributed by atoms with Gasteiger partial charge in [0.15, 0.2) is 11.4 Å². The number of aromatic nitrogens is 2. The summed E-state index contributed by atoms with van der Waals surface area (Å²) in [5.41, 5.74) is 4.00. The largest absolute Gasteiger partial charge is 0.450 e. The average Bonchev–Trinajstić information content (AvgIpc) is 3.41. The van der Waals surface area contributed by atoms with Crippen molar-refractivity contribution in [1.29, 1.82) is 0 Å². The summed E-state index contributed by atoms with van der Waals surface area (Å²) in [6.45, 7) is 3.90. The van der Waals surface area contributed by atoms with Gasteiger partial charge in [-0.1, -0.05) is 31.2 Å². The highest BCUT2D eigenvalue weighted by atomic mass is 16.3. The number of nitrogens with one attached hydrogen (secondary N) is 1. The molecular formula is C23H22N4O2. The van der Waals surface area contributed by atoms with E-state index in [0.29, 0.717) is 16.9 Å². The number of para-hydroxylation sites is 1. The quantitative estimate of drug-likeness (QED) is 0.546. The van der Waals surface area contributed by atoms with Gasteiger partial charge in [-0.3, -0.25) is 4.79 Å². The average molecular weight is 386 g/mol. The highest BCUT2D eigenvalue weighted by molar-refractivity contribution is 6.09. The van der Waals surface area contributed by atoms with Crippen LogP contribution in [0.1, 0.15) is 35.9 Å². The summed E-state index contributed by atoms with van der Waals surface area (Å²) in [5, 5.41) is 3.84. The number of furan rings is 1. The van der Waals surface area contributed by atoms with E-state index in [1.807, 2.05) is 48.5 Å². The van der Waals surface area contributed by atoms with E-state index in [-0.39, 0.29) is 11.7 Å². The Morgan fingerprint density at radius 1 is 1.10 bits per heavy atom. The first-order valence-corrected chi connectivity index (χ1v) is 10.1. The van der Waals surface area contributed by atoms with Crippen LogP contribution >= 0.6 is 0 Å². The molecule has 0 bridgehead atoms. The summed E-state index contributed by atoms with van der Waals surface area (Å²) >= 11 is 0. The zero-order valence-electron chi connectivity index (χ0n) is 16.3. The summed E-state index contributed by atoms with van der Waals surface area (Å²) in [4.78, 5) is 24.4. The maximum absolute atomic E-state index is 13.0. The highest BCUT2D eigenvalue weighted by Crippen LogP contribution is 2.34. The minimum Gasteiger partial charge on any atom is -0.450 e. The fraction of sp³-hybridized carbons (Fsp3) is 0.261. The zero-order chi connectivity index (χ0) is 19.8. The van der Waals surface area contributed by atoms with E-state index in [1.54, 1.807) is 0 Å². The van der Waals surface area contributed by atoms with Crippen molar-refractivity contribution in [2.75, 3.05) is 23.3 Å². The van der Waals surface area contributed by atoms with Crippen molar-refractivity contribution in [3.8, 4) is 0 Å². The van der Waals surface area contributed by atoms with Crippen LogP contribution in [0.4, 0.5) is 11.5 Å². The monoisotopic (exact) mass is 386 g/mol. The molecule has 3 heterocycles. The lowest BCUT2D eigenvalue weighted by Gasteiger charge is -2.17. The number of nitrogens with zero attached hydrogens (tertiary/aromatic N) is 3. The Balaban J connectivity index is 1.61. The number of rotatable bonds is 4. The number of amides is 1. The van der Waals surface area contributed by atoms with Crippen molar-refractivity contribution in [1.82, 2.24) is 9.97 Å². The molecule has 4 aromatic rings. The van der Waals surface area contributed by atoms with Gasteiger partial charge in [-0.15, -0.1) is 0 Å². The van der Waals surface area contributed by atoms with Crippen LogP contribution < -0.4 is 10.2 Å². The molecule has 0 radical (unpaired) electrons. The van der Waals surface area contributed by atoms with E-state index >= 15 is 0 Å². The number of hydrogen-bond acceptors (Lipinski definition) is 5. The van der Waals surface area contributed by atoms with Crippen molar-refractivity contribution in [2.24, 2.45) is 0 Å². The van der Waals surface area contributed by atoms with Crippen molar-refractivity contribution in [3.63, 3.8) is 0 Å². The summed E-state index contributed by atoms with van der Waals surface area (Å²) in [7, 11) is 0. The van der Waals surface area contributed by atoms with Gasteiger partial charge in [0.2, 0.25) is 5.82 Å². The SMILES string of the molecule is CCc1cccc(NC(=O)c2nc(N3CCCC3)c3oc4ccccc4c3n2)c1. The Kier molecular flexibility index (Phi) is 4.39. The molecule has 1 amide bonds. The van der Waals surface area contributed by atoms with E-state index in [9.17, 15) is 4.79 Å². The molecule has 1 aliphatic heterocycles. The standard InChI is InChI=1S/C23H22N4O2/c1-2-15-8-7-9-16(14-15)24-23(28)21-25-19-17-10-3-4-11-18(17)29-20(19)22(26-21)27-12-5-6-13-27/h3-4,7-11,14H,2,5-6,12-13H2,1H3,(H,24,28). The lowest BCUT2D eigenvalue weighted by Crippen LogP contribution is -2.22. The molecular weight excluding hydrogens is 364 g/mol. The second-order valence-corrected chi connectivity index (χ2v) is 7.35. The normalized spacial score (nSPS) is 14.0. The van der Waals surface area contributed by atoms with Crippen LogP contribution in [-0.4, -0.2) is 29.0 Å². The molecule has 2 aromatic heterocycles. The van der Waals surface area contributed by atoms with Crippen molar-refractivity contribution >= 4 is 39.5 Å². The van der Waals surface area contributed by atoms with Gasteiger partial charge in [0, 0.05) is 24.2 Å². The highest BCUT2D eigenvalue weighted by Gasteiger charge is 2.24. The van der Waals surface area contributed by atoms with Gasteiger partial charge < -0.3 is 14.6 Å². The van der Waals surface area contributed by atoms with Crippen molar-refractivity contribution in [2.45, 2.75) is 26.2 Å². The van der Waals surface area contributed by atoms with E-state index in [2.05, 4.69) is 27.1 Å². The van der Waals surface area contributed by atoms with Crippen LogP contribution in [0.15, 0.2) is 52.9 Å². The molecule has 1 N–H and O–H groups in total. The molecule has 2 aromatic carbocycles. The lowest BCUT2D eigenvalue weighted by molar-refractivity contribution is 0.101. The fourth-order valence-electron chi connectivity index (χ4n) is 3.88. The van der Waals surface area contributed by atoms with Gasteiger partial charge in [-0.25, -0.2) is 9.97 Å². The lowest BCUT2D eigenvalue weighted by atomic mass is 10.1. The summed E-state index contributed by atoms with van der Waals surface area (Å²) in [5.74, 6) is 0.551. The third-order valence-electron chi connectivity index (χ3n) is 5.40. The van der Waals surface area contributed by atoms with Crippen LogP contribution in [0.2, 0.25) is 0 Å².